The van der Waals surface area contributed by atoms with E-state index in [4.69, 9.17) is 16.3 Å². The topological polar surface area (TPSA) is 46.6 Å². The number of allylic oxidation sites excluding steroid dienone is 1. The lowest BCUT2D eigenvalue weighted by molar-refractivity contribution is -0.116. The van der Waals surface area contributed by atoms with E-state index in [-0.39, 0.29) is 29.6 Å². The summed E-state index contributed by atoms with van der Waals surface area (Å²) in [5.74, 6) is 0.703. The van der Waals surface area contributed by atoms with Gasteiger partial charge in [0.1, 0.15) is 6.10 Å². The number of carbonyl (C=O) groups excluding carboxylic acids is 2. The van der Waals surface area contributed by atoms with Crippen LogP contribution in [0.3, 0.4) is 0 Å². The molecule has 1 fully saturated rings. The molecule has 0 radical (unpaired) electrons. The van der Waals surface area contributed by atoms with Crippen LogP contribution in [0.2, 0.25) is 5.02 Å². The Bertz CT molecular complexity index is 1020. The quantitative estimate of drug-likeness (QED) is 0.484. The zero-order valence-corrected chi connectivity index (χ0v) is 20.3. The molecule has 1 aliphatic heterocycles. The Morgan fingerprint density at radius 1 is 1.06 bits per heavy atom. The van der Waals surface area contributed by atoms with E-state index in [1.807, 2.05) is 18.2 Å². The van der Waals surface area contributed by atoms with Crippen LogP contribution in [-0.4, -0.2) is 22.9 Å². The molecule has 2 aromatic rings. The van der Waals surface area contributed by atoms with Crippen molar-refractivity contribution in [3.05, 3.63) is 83.0 Å². The van der Waals surface area contributed by atoms with E-state index >= 15 is 0 Å². The van der Waals surface area contributed by atoms with Gasteiger partial charge in [-0.3, -0.25) is 9.69 Å². The first-order valence-electron chi connectivity index (χ1n) is 11.8. The summed E-state index contributed by atoms with van der Waals surface area (Å²) in [4.78, 5) is 27.2. The molecular weight excluding hydrogens is 434 g/mol. The summed E-state index contributed by atoms with van der Waals surface area (Å²) in [5, 5.41) is 0.618. The predicted molar refractivity (Wildman–Crippen MR) is 131 cm³/mol. The molecule has 5 heteroatoms. The van der Waals surface area contributed by atoms with E-state index in [1.165, 1.54) is 11.6 Å². The summed E-state index contributed by atoms with van der Waals surface area (Å²) >= 11 is 6.04. The highest BCUT2D eigenvalue weighted by molar-refractivity contribution is 6.30. The number of ether oxygens (including phenoxy) is 1. The van der Waals surface area contributed by atoms with Crippen LogP contribution in [0.4, 0.5) is 4.79 Å². The number of hydrogen-bond acceptors (Lipinski definition) is 3. The highest BCUT2D eigenvalue weighted by Crippen LogP contribution is 2.44. The van der Waals surface area contributed by atoms with Crippen molar-refractivity contribution in [3.8, 4) is 0 Å². The average Bonchev–Trinajstić information content (AvgIpc) is 2.80. The highest BCUT2D eigenvalue weighted by Gasteiger charge is 2.43. The zero-order valence-electron chi connectivity index (χ0n) is 19.5. The second-order valence-electron chi connectivity index (χ2n) is 10.00. The van der Waals surface area contributed by atoms with Crippen LogP contribution in [0.25, 0.3) is 0 Å². The first kappa shape index (κ1) is 23.6. The summed E-state index contributed by atoms with van der Waals surface area (Å²) in [6, 6.07) is 17.4. The lowest BCUT2D eigenvalue weighted by Gasteiger charge is -2.44. The Kier molecular flexibility index (Phi) is 6.94. The molecule has 1 saturated carbocycles. The molecule has 0 N–H and O–H groups in total. The Morgan fingerprint density at radius 3 is 2.45 bits per heavy atom. The molecule has 2 aliphatic rings. The summed E-state index contributed by atoms with van der Waals surface area (Å²) in [6.45, 7) is 6.72. The number of benzene rings is 2. The van der Waals surface area contributed by atoms with Gasteiger partial charge in [-0.15, -0.1) is 0 Å². The van der Waals surface area contributed by atoms with Crippen molar-refractivity contribution in [2.45, 2.75) is 64.0 Å². The van der Waals surface area contributed by atoms with Crippen LogP contribution >= 0.6 is 11.6 Å². The highest BCUT2D eigenvalue weighted by atomic mass is 35.5. The third-order valence-corrected chi connectivity index (χ3v) is 7.62. The molecule has 174 valence electrons. The molecular formula is C28H32ClNO3. The fourth-order valence-electron chi connectivity index (χ4n) is 5.33. The maximum atomic E-state index is 13.5. The van der Waals surface area contributed by atoms with E-state index in [2.05, 4.69) is 45.0 Å². The molecule has 0 bridgehead atoms. The first-order chi connectivity index (χ1) is 15.8. The van der Waals surface area contributed by atoms with Gasteiger partial charge in [-0.05, 0) is 53.5 Å². The van der Waals surface area contributed by atoms with E-state index in [0.29, 0.717) is 10.9 Å². The first-order valence-corrected chi connectivity index (χ1v) is 12.1. The van der Waals surface area contributed by atoms with Crippen LogP contribution in [-0.2, 0) is 14.9 Å². The SMILES string of the molecule is C[C@@H]1CC[C@@H](C(C)(C)c2ccccc2)[C@H](OC(=O)N2C=CC(=O)C[C@H]2c2ccc(Cl)cc2)C1. The third-order valence-electron chi connectivity index (χ3n) is 7.37. The number of ketones is 1. The minimum atomic E-state index is -0.397. The third kappa shape index (κ3) is 5.16. The van der Waals surface area contributed by atoms with E-state index in [0.717, 1.165) is 24.8 Å². The van der Waals surface area contributed by atoms with Crippen LogP contribution in [0.1, 0.15) is 63.6 Å². The molecule has 0 unspecified atom stereocenters. The summed E-state index contributed by atoms with van der Waals surface area (Å²) in [6.07, 6.45) is 5.65. The van der Waals surface area contributed by atoms with Crippen molar-refractivity contribution in [2.75, 3.05) is 0 Å². The fourth-order valence-corrected chi connectivity index (χ4v) is 5.46. The van der Waals surface area contributed by atoms with Crippen molar-refractivity contribution in [3.63, 3.8) is 0 Å². The van der Waals surface area contributed by atoms with Gasteiger partial charge >= 0.3 is 6.09 Å². The molecule has 0 spiro atoms. The molecule has 4 nitrogen and oxygen atoms in total. The summed E-state index contributed by atoms with van der Waals surface area (Å²) in [5.41, 5.74) is 2.00. The van der Waals surface area contributed by atoms with Gasteiger partial charge < -0.3 is 4.74 Å². The maximum Gasteiger partial charge on any atom is 0.414 e. The van der Waals surface area contributed by atoms with Gasteiger partial charge in [0.25, 0.3) is 0 Å². The number of hydrogen-bond donors (Lipinski definition) is 0. The molecule has 2 aromatic carbocycles. The summed E-state index contributed by atoms with van der Waals surface area (Å²) < 4.78 is 6.23. The number of rotatable bonds is 4. The van der Waals surface area contributed by atoms with Crippen LogP contribution in [0.5, 0.6) is 0 Å². The van der Waals surface area contributed by atoms with E-state index in [1.54, 1.807) is 23.2 Å². The van der Waals surface area contributed by atoms with Gasteiger partial charge in [0.05, 0.1) is 6.04 Å². The normalized spacial score (nSPS) is 25.7. The van der Waals surface area contributed by atoms with Crippen molar-refractivity contribution in [1.82, 2.24) is 4.90 Å². The Hall–Kier alpha value is -2.59. The van der Waals surface area contributed by atoms with Gasteiger partial charge in [0.15, 0.2) is 5.78 Å². The fraction of sp³-hybridized carbons (Fsp3) is 0.429. The number of amides is 1. The lowest BCUT2D eigenvalue weighted by atomic mass is 9.64. The van der Waals surface area contributed by atoms with Gasteiger partial charge in [-0.1, -0.05) is 81.3 Å². The number of nitrogens with zero attached hydrogens (tertiary/aromatic N) is 1. The largest absolute Gasteiger partial charge is 0.446 e. The Labute approximate surface area is 201 Å². The monoisotopic (exact) mass is 465 g/mol. The van der Waals surface area contributed by atoms with Crippen molar-refractivity contribution in [1.29, 1.82) is 0 Å². The Morgan fingerprint density at radius 2 is 1.76 bits per heavy atom. The molecule has 1 amide bonds. The van der Waals surface area contributed by atoms with Gasteiger partial charge in [-0.2, -0.15) is 0 Å². The van der Waals surface area contributed by atoms with Crippen LogP contribution in [0.15, 0.2) is 66.9 Å². The van der Waals surface area contributed by atoms with E-state index < -0.39 is 12.1 Å². The molecule has 0 aromatic heterocycles. The molecule has 4 atom stereocenters. The van der Waals surface area contributed by atoms with Crippen LogP contribution < -0.4 is 0 Å². The second kappa shape index (κ2) is 9.72. The predicted octanol–water partition coefficient (Wildman–Crippen LogP) is 7.09. The zero-order chi connectivity index (χ0) is 23.6. The minimum absolute atomic E-state index is 0.00613. The molecule has 1 aliphatic carbocycles. The lowest BCUT2D eigenvalue weighted by Crippen LogP contribution is -2.45. The van der Waals surface area contributed by atoms with Crippen molar-refractivity contribution < 1.29 is 14.3 Å². The number of halogens is 1. The van der Waals surface area contributed by atoms with Gasteiger partial charge in [0.2, 0.25) is 0 Å². The molecule has 33 heavy (non-hydrogen) atoms. The smallest absolute Gasteiger partial charge is 0.414 e. The average molecular weight is 466 g/mol. The maximum absolute atomic E-state index is 13.5. The molecule has 0 saturated heterocycles. The summed E-state index contributed by atoms with van der Waals surface area (Å²) in [7, 11) is 0. The Balaban J connectivity index is 1.58. The standard InChI is InChI=1S/C28H32ClNO3/c1-19-9-14-24(28(2,3)21-7-5-4-6-8-21)26(17-19)33-27(32)30-16-15-23(31)18-25(30)20-10-12-22(29)13-11-20/h4-8,10-13,15-16,19,24-26H,9,14,17-18H2,1-3H3/t19-,24-,25+,26-/m1/s1. The van der Waals surface area contributed by atoms with E-state index in [9.17, 15) is 9.59 Å². The molecule has 1 heterocycles. The van der Waals surface area contributed by atoms with Gasteiger partial charge in [-0.25, -0.2) is 4.79 Å². The number of carbonyl (C=O) groups is 2. The van der Waals surface area contributed by atoms with Crippen molar-refractivity contribution >= 4 is 23.5 Å². The van der Waals surface area contributed by atoms with Crippen molar-refractivity contribution in [2.24, 2.45) is 11.8 Å². The molecule has 4 rings (SSSR count). The second-order valence-corrected chi connectivity index (χ2v) is 10.4. The van der Waals surface area contributed by atoms with Crippen LogP contribution in [0, 0.1) is 11.8 Å². The van der Waals surface area contributed by atoms with Gasteiger partial charge in [0, 0.05) is 23.6 Å². The minimum Gasteiger partial charge on any atom is -0.446 e.